The second-order valence-electron chi connectivity index (χ2n) is 10.5. The molecule has 13 heteroatoms. The van der Waals surface area contributed by atoms with Crippen molar-refractivity contribution < 1.29 is 39.0 Å². The van der Waals surface area contributed by atoms with Crippen LogP contribution in [-0.4, -0.2) is 60.0 Å². The van der Waals surface area contributed by atoms with Gasteiger partial charge in [0.25, 0.3) is 5.69 Å². The minimum Gasteiger partial charge on any atom is -0.478 e. The highest BCUT2D eigenvalue weighted by Crippen LogP contribution is 2.42. The number of non-ortho nitro benzene ring substituents is 1. The van der Waals surface area contributed by atoms with Crippen LogP contribution in [-0.2, 0) is 20.9 Å². The molecule has 1 amide bonds. The van der Waals surface area contributed by atoms with Crippen LogP contribution >= 0.6 is 24.0 Å². The van der Waals surface area contributed by atoms with Crippen molar-refractivity contribution in [1.82, 2.24) is 4.90 Å². The van der Waals surface area contributed by atoms with Crippen LogP contribution in [0.1, 0.15) is 50.5 Å². The number of thioether (sulfide) groups is 1. The van der Waals surface area contributed by atoms with Crippen molar-refractivity contribution in [2.45, 2.75) is 52.7 Å². The Morgan fingerprint density at radius 3 is 2.36 bits per heavy atom. The van der Waals surface area contributed by atoms with Gasteiger partial charge in [-0.25, -0.2) is 4.79 Å². The van der Waals surface area contributed by atoms with Gasteiger partial charge in [0.05, 0.1) is 27.9 Å². The van der Waals surface area contributed by atoms with Crippen LogP contribution < -0.4 is 4.74 Å². The second-order valence-corrected chi connectivity index (χ2v) is 12.3. The minimum absolute atomic E-state index is 0.0258. The van der Waals surface area contributed by atoms with Gasteiger partial charge in [0, 0.05) is 17.5 Å². The van der Waals surface area contributed by atoms with E-state index in [4.69, 9.17) is 21.7 Å². The highest BCUT2D eigenvalue weighted by molar-refractivity contribution is 8.00. The summed E-state index contributed by atoms with van der Waals surface area (Å²) >= 11 is 7.00. The Hall–Kier alpha value is -3.81. The standard InChI is InChI=1S/C29H32N2O9S2/c1-6-42-26-21(16(2)32)25(34)30(26)22(28(41)39-15-17-10-12-19(13-11-17)31(37)38)23(24(33)29(3,4)5)40-20-9-7-8-18(14-20)27(35)36/h7-14,16,21,26,32H,6,15H2,1-5H3,(H,35,36)/t16-,21+,26-/m1/s1. The van der Waals surface area contributed by atoms with E-state index in [1.165, 1.54) is 72.1 Å². The number of Topliss-reactive ketones (excluding diaryl/α,β-unsaturated/α-hetero) is 1. The number of nitro groups is 1. The molecular formula is C29H32N2O9S2. The maximum atomic E-state index is 13.9. The molecule has 0 aliphatic carbocycles. The lowest BCUT2D eigenvalue weighted by atomic mass is 9.87. The molecule has 11 nitrogen and oxygen atoms in total. The van der Waals surface area contributed by atoms with Gasteiger partial charge in [-0.15, -0.1) is 11.8 Å². The van der Waals surface area contributed by atoms with E-state index in [-0.39, 0.29) is 40.1 Å². The quantitative estimate of drug-likeness (QED) is 0.0829. The number of carbonyl (C=O) groups is 3. The van der Waals surface area contributed by atoms with E-state index in [0.717, 1.165) is 0 Å². The molecule has 1 fully saturated rings. The van der Waals surface area contributed by atoms with E-state index in [9.17, 15) is 34.7 Å². The number of rotatable bonds is 12. The van der Waals surface area contributed by atoms with Gasteiger partial charge >= 0.3 is 5.97 Å². The van der Waals surface area contributed by atoms with Crippen molar-refractivity contribution in [3.8, 4) is 5.75 Å². The molecule has 1 aliphatic heterocycles. The minimum atomic E-state index is -1.20. The zero-order chi connectivity index (χ0) is 31.4. The highest BCUT2D eigenvalue weighted by atomic mass is 32.2. The molecular weight excluding hydrogens is 584 g/mol. The Morgan fingerprint density at radius 1 is 1.19 bits per heavy atom. The summed E-state index contributed by atoms with van der Waals surface area (Å²) in [6.45, 7) is 8.20. The first-order chi connectivity index (χ1) is 19.7. The zero-order valence-electron chi connectivity index (χ0n) is 23.7. The number of amides is 1. The Bertz CT molecular complexity index is 1410. The first-order valence-electron chi connectivity index (χ1n) is 13.0. The van der Waals surface area contributed by atoms with Crippen LogP contribution in [0.4, 0.5) is 5.69 Å². The van der Waals surface area contributed by atoms with Gasteiger partial charge in [-0.1, -0.05) is 33.8 Å². The summed E-state index contributed by atoms with van der Waals surface area (Å²) in [6.07, 6.45) is -0.983. The molecule has 3 atom stereocenters. The summed E-state index contributed by atoms with van der Waals surface area (Å²) < 4.78 is 11.9. The van der Waals surface area contributed by atoms with Gasteiger partial charge in [-0.3, -0.25) is 24.6 Å². The van der Waals surface area contributed by atoms with Crippen molar-refractivity contribution >= 4 is 52.4 Å². The number of nitro benzene ring substituents is 1. The van der Waals surface area contributed by atoms with Crippen molar-refractivity contribution in [3.63, 3.8) is 0 Å². The number of carboxylic acids is 1. The lowest BCUT2D eigenvalue weighted by Crippen LogP contribution is -2.63. The Kier molecular flexibility index (Phi) is 10.5. The molecule has 1 heterocycles. The fraction of sp³-hybridized carbons (Fsp3) is 0.379. The molecule has 0 unspecified atom stereocenters. The fourth-order valence-electron chi connectivity index (χ4n) is 4.10. The normalized spacial score (nSPS) is 18.0. The molecule has 0 bridgehead atoms. The number of aliphatic hydroxyl groups excluding tert-OH is 1. The molecule has 2 aromatic rings. The summed E-state index contributed by atoms with van der Waals surface area (Å²) in [5, 5.41) is 30.0. The average molecular weight is 617 g/mol. The predicted molar refractivity (Wildman–Crippen MR) is 160 cm³/mol. The van der Waals surface area contributed by atoms with Crippen molar-refractivity contribution in [2.75, 3.05) is 5.75 Å². The van der Waals surface area contributed by atoms with Crippen LogP contribution in [0, 0.1) is 21.4 Å². The number of benzene rings is 2. The molecule has 2 N–H and O–H groups in total. The van der Waals surface area contributed by atoms with Gasteiger partial charge in [0.2, 0.25) is 16.7 Å². The van der Waals surface area contributed by atoms with Crippen LogP contribution in [0.2, 0.25) is 0 Å². The highest BCUT2D eigenvalue weighted by Gasteiger charge is 2.54. The van der Waals surface area contributed by atoms with E-state index in [2.05, 4.69) is 0 Å². The van der Waals surface area contributed by atoms with E-state index >= 15 is 0 Å². The van der Waals surface area contributed by atoms with Crippen LogP contribution in [0.3, 0.4) is 0 Å². The van der Waals surface area contributed by atoms with E-state index in [1.54, 1.807) is 20.8 Å². The maximum Gasteiger partial charge on any atom is 0.335 e. The molecule has 42 heavy (non-hydrogen) atoms. The number of hydrogen-bond acceptors (Lipinski definition) is 10. The van der Waals surface area contributed by atoms with Crippen LogP contribution in [0.15, 0.2) is 60.0 Å². The molecule has 0 spiro atoms. The average Bonchev–Trinajstić information content (AvgIpc) is 2.92. The summed E-state index contributed by atoms with van der Waals surface area (Å²) in [7, 11) is 0. The van der Waals surface area contributed by atoms with Gasteiger partial charge in [0.1, 0.15) is 18.1 Å². The monoisotopic (exact) mass is 616 g/mol. The van der Waals surface area contributed by atoms with Crippen molar-refractivity contribution in [2.24, 2.45) is 11.3 Å². The number of ether oxygens (including phenoxy) is 2. The molecule has 0 saturated carbocycles. The van der Waals surface area contributed by atoms with Crippen LogP contribution in [0.5, 0.6) is 5.75 Å². The lowest BCUT2D eigenvalue weighted by molar-refractivity contribution is -0.384. The summed E-state index contributed by atoms with van der Waals surface area (Å²) in [6, 6.07) is 11.1. The fourth-order valence-corrected chi connectivity index (χ4v) is 5.60. The third-order valence-corrected chi connectivity index (χ3v) is 7.79. The van der Waals surface area contributed by atoms with Crippen LogP contribution in [0.25, 0.3) is 0 Å². The van der Waals surface area contributed by atoms with E-state index < -0.39 is 45.4 Å². The number of carboxylic acid groups (broad SMARTS) is 1. The van der Waals surface area contributed by atoms with Crippen molar-refractivity contribution in [3.05, 3.63) is 81.2 Å². The molecule has 2 aromatic carbocycles. The Labute approximate surface area is 252 Å². The summed E-state index contributed by atoms with van der Waals surface area (Å²) in [5.74, 6) is -2.72. The number of β-lactam (4-membered cyclic amide) rings is 1. The third kappa shape index (κ3) is 7.33. The SMILES string of the molecule is CCS[C@@H]1[C@@H]([C@@H](C)O)C(=O)N1C(C(=S)OCc1ccc([N+](=O)[O-])cc1)=C(Oc1cccc(C(=O)O)c1)C(=O)C(C)(C)C. The van der Waals surface area contributed by atoms with E-state index in [1.807, 2.05) is 6.92 Å². The van der Waals surface area contributed by atoms with E-state index in [0.29, 0.717) is 11.3 Å². The first kappa shape index (κ1) is 32.7. The number of allylic oxidation sites excluding steroid dienone is 1. The maximum absolute atomic E-state index is 13.9. The van der Waals surface area contributed by atoms with Gasteiger partial charge in [-0.05, 0) is 60.8 Å². The number of thiocarbonyl (C=S) groups is 1. The molecule has 0 aromatic heterocycles. The topological polar surface area (TPSA) is 157 Å². The van der Waals surface area contributed by atoms with Gasteiger partial charge in [0.15, 0.2) is 5.76 Å². The molecule has 224 valence electrons. The molecule has 1 saturated heterocycles. The smallest absolute Gasteiger partial charge is 0.335 e. The van der Waals surface area contributed by atoms with Gasteiger partial charge in [-0.2, -0.15) is 0 Å². The first-order valence-corrected chi connectivity index (χ1v) is 14.5. The number of likely N-dealkylation sites (tertiary alicyclic amines) is 1. The Morgan fingerprint density at radius 2 is 1.83 bits per heavy atom. The third-order valence-electron chi connectivity index (χ3n) is 6.30. The number of ketones is 1. The zero-order valence-corrected chi connectivity index (χ0v) is 25.4. The summed E-state index contributed by atoms with van der Waals surface area (Å²) in [4.78, 5) is 50.7. The number of carbonyl (C=O) groups excluding carboxylic acids is 2. The second kappa shape index (κ2) is 13.4. The van der Waals surface area contributed by atoms with Crippen molar-refractivity contribution in [1.29, 1.82) is 0 Å². The lowest BCUT2D eigenvalue weighted by Gasteiger charge is -2.48. The molecule has 3 rings (SSSR count). The predicted octanol–water partition coefficient (Wildman–Crippen LogP) is 4.96. The molecule has 0 radical (unpaired) electrons. The molecule has 1 aliphatic rings. The number of nitrogens with zero attached hydrogens (tertiary/aromatic N) is 2. The summed E-state index contributed by atoms with van der Waals surface area (Å²) in [5.41, 5.74) is -0.795. The number of aromatic carboxylic acids is 1. The number of hydrogen-bond donors (Lipinski definition) is 2. The largest absolute Gasteiger partial charge is 0.478 e. The Balaban J connectivity index is 2.15. The number of aliphatic hydroxyl groups is 1. The van der Waals surface area contributed by atoms with Gasteiger partial charge < -0.3 is 19.7 Å².